The van der Waals surface area contributed by atoms with E-state index in [1.54, 1.807) is 0 Å². The first kappa shape index (κ1) is 17.4. The van der Waals surface area contributed by atoms with Gasteiger partial charge in [-0.05, 0) is 63.8 Å². The molecule has 2 heteroatoms. The van der Waals surface area contributed by atoms with E-state index in [0.29, 0.717) is 0 Å². The first-order valence-corrected chi connectivity index (χ1v) is 8.40. The average Bonchev–Trinajstić information content (AvgIpc) is 2.40. The molecule has 2 aromatic carbocycles. The van der Waals surface area contributed by atoms with Crippen LogP contribution in [0.15, 0.2) is 24.3 Å². The molecule has 0 aliphatic carbocycles. The molecule has 124 valence electrons. The third kappa shape index (κ3) is 4.07. The van der Waals surface area contributed by atoms with Crippen LogP contribution in [0.4, 0.5) is 11.4 Å². The quantitative estimate of drug-likeness (QED) is 0.828. The van der Waals surface area contributed by atoms with Crippen molar-refractivity contribution in [2.75, 3.05) is 30.4 Å². The molecule has 0 amide bonds. The zero-order valence-electron chi connectivity index (χ0n) is 15.7. The Balaban J connectivity index is 2.05. The summed E-state index contributed by atoms with van der Waals surface area (Å²) in [6.07, 6.45) is 0. The number of benzene rings is 2. The molecule has 0 aromatic heterocycles. The first-order chi connectivity index (χ1) is 10.8. The smallest absolute Gasteiger partial charge is 0.0423 e. The fourth-order valence-electron chi connectivity index (χ4n) is 3.69. The highest BCUT2D eigenvalue weighted by Crippen LogP contribution is 2.25. The van der Waals surface area contributed by atoms with E-state index in [4.69, 9.17) is 0 Å². The van der Waals surface area contributed by atoms with Gasteiger partial charge in [0.1, 0.15) is 0 Å². The van der Waals surface area contributed by atoms with E-state index < -0.39 is 0 Å². The lowest BCUT2D eigenvalue weighted by molar-refractivity contribution is 0.902. The molecule has 0 atom stereocenters. The van der Waals surface area contributed by atoms with Crippen LogP contribution in [-0.4, -0.2) is 20.1 Å². The van der Waals surface area contributed by atoms with Gasteiger partial charge in [0.05, 0.1) is 0 Å². The molecular formula is C21H30N2. The lowest BCUT2D eigenvalue weighted by Gasteiger charge is -2.25. The number of nitrogens with zero attached hydrogens (tertiary/aromatic N) is 1. The summed E-state index contributed by atoms with van der Waals surface area (Å²) in [5.74, 6) is 0. The summed E-state index contributed by atoms with van der Waals surface area (Å²) in [5.41, 5.74) is 10.7. The zero-order chi connectivity index (χ0) is 17.1. The molecule has 1 N–H and O–H groups in total. The van der Waals surface area contributed by atoms with Crippen molar-refractivity contribution in [3.63, 3.8) is 0 Å². The lowest BCUT2D eigenvalue weighted by Crippen LogP contribution is -2.26. The molecule has 0 aliphatic heterocycles. The normalized spacial score (nSPS) is 10.7. The Bertz CT molecular complexity index is 655. The summed E-state index contributed by atoms with van der Waals surface area (Å²) in [5, 5.41) is 3.62. The maximum absolute atomic E-state index is 3.62. The molecule has 0 bridgehead atoms. The molecule has 0 heterocycles. The van der Waals surface area contributed by atoms with Crippen LogP contribution < -0.4 is 10.2 Å². The Morgan fingerprint density at radius 1 is 0.739 bits per heavy atom. The van der Waals surface area contributed by atoms with Gasteiger partial charge in [0.25, 0.3) is 0 Å². The van der Waals surface area contributed by atoms with Crippen LogP contribution in [-0.2, 0) is 0 Å². The third-order valence-corrected chi connectivity index (χ3v) is 4.44. The summed E-state index contributed by atoms with van der Waals surface area (Å²) >= 11 is 0. The molecule has 0 saturated carbocycles. The second-order valence-corrected chi connectivity index (χ2v) is 6.87. The topological polar surface area (TPSA) is 15.3 Å². The van der Waals surface area contributed by atoms with Gasteiger partial charge < -0.3 is 10.2 Å². The van der Waals surface area contributed by atoms with E-state index in [1.807, 2.05) is 0 Å². The highest BCUT2D eigenvalue weighted by Gasteiger charge is 2.09. The van der Waals surface area contributed by atoms with Crippen molar-refractivity contribution < 1.29 is 0 Å². The van der Waals surface area contributed by atoms with E-state index in [-0.39, 0.29) is 0 Å². The largest absolute Gasteiger partial charge is 0.383 e. The van der Waals surface area contributed by atoms with Crippen molar-refractivity contribution in [1.29, 1.82) is 0 Å². The number of nitrogens with one attached hydrogen (secondary N) is 1. The summed E-state index contributed by atoms with van der Waals surface area (Å²) in [7, 11) is 2.18. The van der Waals surface area contributed by atoms with Gasteiger partial charge >= 0.3 is 0 Å². The second kappa shape index (κ2) is 7.08. The van der Waals surface area contributed by atoms with Crippen LogP contribution in [0.2, 0.25) is 0 Å². The Morgan fingerprint density at radius 2 is 1.17 bits per heavy atom. The molecule has 0 aliphatic rings. The minimum absolute atomic E-state index is 0.938. The monoisotopic (exact) mass is 310 g/mol. The van der Waals surface area contributed by atoms with Gasteiger partial charge in [0, 0.05) is 31.5 Å². The average molecular weight is 310 g/mol. The lowest BCUT2D eigenvalue weighted by atomic mass is 10.0. The van der Waals surface area contributed by atoms with Gasteiger partial charge in [-0.2, -0.15) is 0 Å². The fraction of sp³-hybridized carbons (Fsp3) is 0.429. The Hall–Kier alpha value is -1.96. The number of likely N-dealkylation sites (N-methyl/N-ethyl adjacent to an activating group) is 1. The number of anilines is 2. The predicted octanol–water partition coefficient (Wildman–Crippen LogP) is 5.09. The molecule has 2 rings (SSSR count). The standard InChI is InChI=1S/C21H30N2/c1-14-10-16(3)20(17(4)11-14)22-8-9-23(7)21-18(5)12-15(2)13-19(21)6/h10-13,22H,8-9H2,1-7H3. The van der Waals surface area contributed by atoms with E-state index in [0.717, 1.165) is 13.1 Å². The number of hydrogen-bond donors (Lipinski definition) is 1. The van der Waals surface area contributed by atoms with Crippen LogP contribution >= 0.6 is 0 Å². The van der Waals surface area contributed by atoms with E-state index in [2.05, 4.69) is 83.1 Å². The van der Waals surface area contributed by atoms with Crippen molar-refractivity contribution in [1.82, 2.24) is 0 Å². The zero-order valence-corrected chi connectivity index (χ0v) is 15.7. The molecular weight excluding hydrogens is 280 g/mol. The molecule has 0 saturated heterocycles. The van der Waals surface area contributed by atoms with E-state index in [1.165, 1.54) is 44.8 Å². The Kier molecular flexibility index (Phi) is 5.35. The maximum Gasteiger partial charge on any atom is 0.0423 e. The fourth-order valence-corrected chi connectivity index (χ4v) is 3.69. The molecule has 0 radical (unpaired) electrons. The Labute approximate surface area is 141 Å². The van der Waals surface area contributed by atoms with Crippen molar-refractivity contribution in [3.8, 4) is 0 Å². The van der Waals surface area contributed by atoms with Crippen molar-refractivity contribution >= 4 is 11.4 Å². The molecule has 2 nitrogen and oxygen atoms in total. The number of hydrogen-bond acceptors (Lipinski definition) is 2. The van der Waals surface area contributed by atoms with E-state index >= 15 is 0 Å². The van der Waals surface area contributed by atoms with Gasteiger partial charge in [-0.25, -0.2) is 0 Å². The van der Waals surface area contributed by atoms with Crippen LogP contribution in [0.1, 0.15) is 33.4 Å². The van der Waals surface area contributed by atoms with Crippen LogP contribution in [0.3, 0.4) is 0 Å². The van der Waals surface area contributed by atoms with Crippen molar-refractivity contribution in [3.05, 3.63) is 57.6 Å². The Morgan fingerprint density at radius 3 is 1.65 bits per heavy atom. The predicted molar refractivity (Wildman–Crippen MR) is 103 cm³/mol. The van der Waals surface area contributed by atoms with Gasteiger partial charge in [-0.15, -0.1) is 0 Å². The van der Waals surface area contributed by atoms with Gasteiger partial charge in [0.15, 0.2) is 0 Å². The molecule has 0 fully saturated rings. The van der Waals surface area contributed by atoms with Crippen molar-refractivity contribution in [2.45, 2.75) is 41.5 Å². The minimum atomic E-state index is 0.938. The van der Waals surface area contributed by atoms with E-state index in [9.17, 15) is 0 Å². The summed E-state index contributed by atoms with van der Waals surface area (Å²) in [6.45, 7) is 15.0. The number of rotatable bonds is 5. The minimum Gasteiger partial charge on any atom is -0.383 e. The number of aryl methyl sites for hydroxylation is 6. The molecule has 2 aromatic rings. The van der Waals surface area contributed by atoms with Gasteiger partial charge in [-0.3, -0.25) is 0 Å². The van der Waals surface area contributed by atoms with Crippen LogP contribution in [0.5, 0.6) is 0 Å². The summed E-state index contributed by atoms with van der Waals surface area (Å²) in [4.78, 5) is 2.36. The summed E-state index contributed by atoms with van der Waals surface area (Å²) in [6, 6.07) is 9.02. The van der Waals surface area contributed by atoms with Crippen LogP contribution in [0.25, 0.3) is 0 Å². The third-order valence-electron chi connectivity index (χ3n) is 4.44. The molecule has 0 spiro atoms. The van der Waals surface area contributed by atoms with Crippen LogP contribution in [0, 0.1) is 41.5 Å². The molecule has 23 heavy (non-hydrogen) atoms. The van der Waals surface area contributed by atoms with Gasteiger partial charge in [-0.1, -0.05) is 35.4 Å². The summed E-state index contributed by atoms with van der Waals surface area (Å²) < 4.78 is 0. The molecule has 0 unspecified atom stereocenters. The van der Waals surface area contributed by atoms with Crippen molar-refractivity contribution in [2.24, 2.45) is 0 Å². The maximum atomic E-state index is 3.62. The first-order valence-electron chi connectivity index (χ1n) is 8.40. The highest BCUT2D eigenvalue weighted by atomic mass is 15.1. The van der Waals surface area contributed by atoms with Gasteiger partial charge in [0.2, 0.25) is 0 Å². The SMILES string of the molecule is Cc1cc(C)c(NCCN(C)c2c(C)cc(C)cc2C)c(C)c1. The highest BCUT2D eigenvalue weighted by molar-refractivity contribution is 5.61. The second-order valence-electron chi connectivity index (χ2n) is 6.87.